The van der Waals surface area contributed by atoms with Crippen molar-refractivity contribution in [2.45, 2.75) is 19.3 Å². The normalized spacial score (nSPS) is 12.5. The van der Waals surface area contributed by atoms with E-state index in [1.165, 1.54) is 23.3 Å². The van der Waals surface area contributed by atoms with Crippen LogP contribution < -0.4 is 11.3 Å². The number of aryl methyl sites for hydroxylation is 1. The zero-order valence-electron chi connectivity index (χ0n) is 14.6. The predicted molar refractivity (Wildman–Crippen MR) is 97.9 cm³/mol. The Hall–Kier alpha value is -3.27. The van der Waals surface area contributed by atoms with Gasteiger partial charge in [-0.05, 0) is 17.7 Å². The van der Waals surface area contributed by atoms with Crippen molar-refractivity contribution in [2.75, 3.05) is 0 Å². The number of nitrogens with zero attached hydrogens (tertiary/aromatic N) is 6. The topological polar surface area (TPSA) is 101 Å². The van der Waals surface area contributed by atoms with Gasteiger partial charge in [-0.2, -0.15) is 4.68 Å². The number of alkyl halides is 1. The summed E-state index contributed by atoms with van der Waals surface area (Å²) < 4.78 is 23.2. The zero-order chi connectivity index (χ0) is 19.8. The molecule has 144 valence electrons. The van der Waals surface area contributed by atoms with Crippen LogP contribution in [0.3, 0.4) is 0 Å². The van der Waals surface area contributed by atoms with E-state index in [0.717, 1.165) is 4.68 Å². The molecule has 1 unspecified atom stereocenters. The van der Waals surface area contributed by atoms with Gasteiger partial charge in [0.1, 0.15) is 19.0 Å². The van der Waals surface area contributed by atoms with E-state index in [-0.39, 0.29) is 24.5 Å². The molecule has 9 nitrogen and oxygen atoms in total. The molecule has 4 aromatic rings. The van der Waals surface area contributed by atoms with Crippen LogP contribution in [-0.4, -0.2) is 28.9 Å². The van der Waals surface area contributed by atoms with Crippen molar-refractivity contribution in [3.63, 3.8) is 0 Å². The van der Waals surface area contributed by atoms with Gasteiger partial charge in [0.15, 0.2) is 11.2 Å². The molecule has 0 amide bonds. The van der Waals surface area contributed by atoms with Gasteiger partial charge in [0.05, 0.1) is 12.9 Å². The van der Waals surface area contributed by atoms with Crippen molar-refractivity contribution in [2.24, 2.45) is 7.05 Å². The van der Waals surface area contributed by atoms with Crippen LogP contribution in [-0.2, 0) is 20.1 Å². The minimum atomic E-state index is -1.50. The Morgan fingerprint density at radius 1 is 1.25 bits per heavy atom. The molecule has 0 saturated heterocycles. The first-order valence-electron chi connectivity index (χ1n) is 8.25. The molecule has 1 atom stereocenters. The summed E-state index contributed by atoms with van der Waals surface area (Å²) in [6, 6.07) is 6.29. The predicted octanol–water partition coefficient (Wildman–Crippen LogP) is 1.69. The van der Waals surface area contributed by atoms with Crippen molar-refractivity contribution in [3.8, 4) is 0 Å². The Kier molecular flexibility index (Phi) is 4.55. The van der Waals surface area contributed by atoms with Crippen LogP contribution in [0.4, 0.5) is 4.39 Å². The Bertz CT molecular complexity index is 1270. The quantitative estimate of drug-likeness (QED) is 0.501. The lowest BCUT2D eigenvalue weighted by molar-refractivity contribution is 0.283. The minimum Gasteiger partial charge on any atom is -0.390 e. The molecule has 0 aliphatic rings. The van der Waals surface area contributed by atoms with Gasteiger partial charge in [0, 0.05) is 12.1 Å². The SMILES string of the molecule is Cn1cnc2ncn(Cc3nn(CC(F)c4cccc(Cl)c4)c(=O)o3)c(=O)c21. The molecule has 0 spiro atoms. The number of fused-ring (bicyclic) bond motifs is 1. The number of hydrogen-bond donors (Lipinski definition) is 0. The number of benzene rings is 1. The van der Waals surface area contributed by atoms with Crippen molar-refractivity contribution in [1.29, 1.82) is 0 Å². The van der Waals surface area contributed by atoms with Crippen LogP contribution in [0.15, 0.2) is 50.9 Å². The molecule has 0 radical (unpaired) electrons. The second-order valence-corrected chi connectivity index (χ2v) is 6.61. The van der Waals surface area contributed by atoms with Crippen LogP contribution in [0.5, 0.6) is 0 Å². The molecule has 0 saturated carbocycles. The smallest absolute Gasteiger partial charge is 0.390 e. The lowest BCUT2D eigenvalue weighted by Crippen LogP contribution is -2.23. The fourth-order valence-electron chi connectivity index (χ4n) is 2.82. The molecular formula is C17H14ClFN6O3. The van der Waals surface area contributed by atoms with E-state index in [4.69, 9.17) is 16.0 Å². The van der Waals surface area contributed by atoms with Crippen molar-refractivity contribution in [1.82, 2.24) is 28.9 Å². The van der Waals surface area contributed by atoms with E-state index in [1.807, 2.05) is 0 Å². The van der Waals surface area contributed by atoms with Gasteiger partial charge in [-0.1, -0.05) is 23.7 Å². The molecule has 0 N–H and O–H groups in total. The monoisotopic (exact) mass is 404 g/mol. The van der Waals surface area contributed by atoms with Crippen molar-refractivity contribution >= 4 is 22.8 Å². The van der Waals surface area contributed by atoms with Gasteiger partial charge in [-0.15, -0.1) is 5.10 Å². The molecule has 3 aromatic heterocycles. The minimum absolute atomic E-state index is 0.0336. The summed E-state index contributed by atoms with van der Waals surface area (Å²) in [5, 5.41) is 4.37. The molecule has 4 rings (SSSR count). The highest BCUT2D eigenvalue weighted by Crippen LogP contribution is 2.22. The number of imidazole rings is 1. The first-order valence-corrected chi connectivity index (χ1v) is 8.63. The van der Waals surface area contributed by atoms with E-state index in [9.17, 15) is 14.0 Å². The standard InChI is InChI=1S/C17H14ClFN6O3/c1-23-8-20-15-14(23)16(26)24(9-21-15)7-13-22-25(17(27)28-13)6-12(19)10-3-2-4-11(18)5-10/h2-5,8-9,12H,6-7H2,1H3. The Labute approximate surface area is 161 Å². The fraction of sp³-hybridized carbons (Fsp3) is 0.235. The second kappa shape index (κ2) is 7.04. The highest BCUT2D eigenvalue weighted by molar-refractivity contribution is 6.30. The van der Waals surface area contributed by atoms with Crippen molar-refractivity contribution in [3.05, 3.63) is 74.3 Å². The fourth-order valence-corrected chi connectivity index (χ4v) is 3.02. The van der Waals surface area contributed by atoms with Crippen LogP contribution in [0.1, 0.15) is 17.6 Å². The highest BCUT2D eigenvalue weighted by Gasteiger charge is 2.17. The molecule has 3 heterocycles. The molecule has 1 aromatic carbocycles. The average molecular weight is 405 g/mol. The maximum absolute atomic E-state index is 14.5. The third kappa shape index (κ3) is 3.33. The average Bonchev–Trinajstić information content (AvgIpc) is 3.20. The van der Waals surface area contributed by atoms with Crippen LogP contribution in [0.2, 0.25) is 5.02 Å². The Balaban J connectivity index is 1.58. The van der Waals surface area contributed by atoms with Crippen LogP contribution >= 0.6 is 11.6 Å². The van der Waals surface area contributed by atoms with E-state index < -0.39 is 11.9 Å². The summed E-state index contributed by atoms with van der Waals surface area (Å²) in [6.07, 6.45) is 1.28. The molecule has 0 fully saturated rings. The number of halogens is 2. The van der Waals surface area contributed by atoms with Gasteiger partial charge in [-0.25, -0.2) is 19.2 Å². The van der Waals surface area contributed by atoms with E-state index >= 15 is 0 Å². The van der Waals surface area contributed by atoms with Crippen LogP contribution in [0.25, 0.3) is 11.2 Å². The molecule has 11 heteroatoms. The summed E-state index contributed by atoms with van der Waals surface area (Å²) in [7, 11) is 1.68. The second-order valence-electron chi connectivity index (χ2n) is 6.17. The van der Waals surface area contributed by atoms with E-state index in [2.05, 4.69) is 15.1 Å². The molecule has 28 heavy (non-hydrogen) atoms. The lowest BCUT2D eigenvalue weighted by atomic mass is 10.1. The van der Waals surface area contributed by atoms with E-state index in [1.54, 1.807) is 29.8 Å². The van der Waals surface area contributed by atoms with Crippen molar-refractivity contribution < 1.29 is 8.81 Å². The Morgan fingerprint density at radius 2 is 2.04 bits per heavy atom. The largest absolute Gasteiger partial charge is 0.437 e. The van der Waals surface area contributed by atoms with Gasteiger partial charge < -0.3 is 8.98 Å². The van der Waals surface area contributed by atoms with Gasteiger partial charge in [-0.3, -0.25) is 9.36 Å². The summed E-state index contributed by atoms with van der Waals surface area (Å²) in [5.74, 6) is -0.851. The summed E-state index contributed by atoms with van der Waals surface area (Å²) in [4.78, 5) is 32.6. The zero-order valence-corrected chi connectivity index (χ0v) is 15.4. The maximum atomic E-state index is 14.5. The molecule has 0 aliphatic carbocycles. The van der Waals surface area contributed by atoms with Gasteiger partial charge >= 0.3 is 5.76 Å². The number of rotatable bonds is 5. The maximum Gasteiger partial charge on any atom is 0.437 e. The van der Waals surface area contributed by atoms with Crippen LogP contribution in [0, 0.1) is 0 Å². The first-order chi connectivity index (χ1) is 13.4. The first kappa shape index (κ1) is 18.1. The highest BCUT2D eigenvalue weighted by atomic mass is 35.5. The molecule has 0 aliphatic heterocycles. The number of aromatic nitrogens is 6. The number of hydrogen-bond acceptors (Lipinski definition) is 6. The van der Waals surface area contributed by atoms with Gasteiger partial charge in [0.2, 0.25) is 5.89 Å². The third-order valence-corrected chi connectivity index (χ3v) is 4.43. The summed E-state index contributed by atoms with van der Waals surface area (Å²) in [6.45, 7) is -0.458. The lowest BCUT2D eigenvalue weighted by Gasteiger charge is -2.07. The molecule has 0 bridgehead atoms. The summed E-state index contributed by atoms with van der Waals surface area (Å²) >= 11 is 5.86. The molecular weight excluding hydrogens is 391 g/mol. The summed E-state index contributed by atoms with van der Waals surface area (Å²) in [5.41, 5.74) is 0.599. The van der Waals surface area contributed by atoms with E-state index in [0.29, 0.717) is 21.7 Å². The third-order valence-electron chi connectivity index (χ3n) is 4.20. The Morgan fingerprint density at radius 3 is 2.82 bits per heavy atom. The van der Waals surface area contributed by atoms with Gasteiger partial charge in [0.25, 0.3) is 5.56 Å².